The number of hydrogen-bond acceptors (Lipinski definition) is 8. The molecule has 0 saturated carbocycles. The number of amides is 1. The maximum atomic E-state index is 12.3. The summed E-state index contributed by atoms with van der Waals surface area (Å²) in [6.45, 7) is 1.61. The third-order valence-electron chi connectivity index (χ3n) is 3.71. The fourth-order valence-electron chi connectivity index (χ4n) is 2.29. The summed E-state index contributed by atoms with van der Waals surface area (Å²) < 4.78 is 10.4. The summed E-state index contributed by atoms with van der Waals surface area (Å²) in [5.74, 6) is 0.195. The molecule has 0 atom stereocenters. The SMILES string of the molecule is COc1ccc(/C(C)=N/NC(=O)c2cc([N+](=O)[O-])cc([N+](=O)[O-])c2)c(OC)c1. The van der Waals surface area contributed by atoms with Crippen LogP contribution in [0.4, 0.5) is 11.4 Å². The molecule has 0 aliphatic rings. The van der Waals surface area contributed by atoms with Gasteiger partial charge in [-0.3, -0.25) is 25.0 Å². The summed E-state index contributed by atoms with van der Waals surface area (Å²) >= 11 is 0. The second-order valence-corrected chi connectivity index (χ2v) is 5.46. The number of nitrogens with one attached hydrogen (secondary N) is 1. The van der Waals surface area contributed by atoms with Crippen molar-refractivity contribution in [2.45, 2.75) is 6.92 Å². The van der Waals surface area contributed by atoms with Gasteiger partial charge in [-0.2, -0.15) is 5.10 Å². The summed E-state index contributed by atoms with van der Waals surface area (Å²) in [5, 5.41) is 25.8. The number of nitro groups is 2. The van der Waals surface area contributed by atoms with Gasteiger partial charge in [-0.1, -0.05) is 0 Å². The topological polar surface area (TPSA) is 146 Å². The molecule has 0 aliphatic carbocycles. The molecule has 11 nitrogen and oxygen atoms in total. The Morgan fingerprint density at radius 1 is 1.00 bits per heavy atom. The van der Waals surface area contributed by atoms with E-state index in [0.29, 0.717) is 22.8 Å². The molecule has 146 valence electrons. The van der Waals surface area contributed by atoms with Crippen molar-refractivity contribution in [2.24, 2.45) is 5.10 Å². The highest BCUT2D eigenvalue weighted by atomic mass is 16.6. The van der Waals surface area contributed by atoms with Gasteiger partial charge in [-0.15, -0.1) is 0 Å². The van der Waals surface area contributed by atoms with Crippen LogP contribution in [0.5, 0.6) is 11.5 Å². The number of carbonyl (C=O) groups excluding carboxylic acids is 1. The first kappa shape index (κ1) is 20.3. The highest BCUT2D eigenvalue weighted by Gasteiger charge is 2.20. The van der Waals surface area contributed by atoms with E-state index in [-0.39, 0.29) is 5.56 Å². The van der Waals surface area contributed by atoms with Crippen LogP contribution in [-0.4, -0.2) is 35.7 Å². The van der Waals surface area contributed by atoms with Crippen molar-refractivity contribution in [2.75, 3.05) is 14.2 Å². The number of carbonyl (C=O) groups is 1. The Kier molecular flexibility index (Phi) is 6.22. The zero-order valence-electron chi connectivity index (χ0n) is 15.2. The molecular weight excluding hydrogens is 372 g/mol. The average Bonchev–Trinajstić information content (AvgIpc) is 2.70. The van der Waals surface area contributed by atoms with Crippen molar-refractivity contribution in [3.8, 4) is 11.5 Å². The first-order chi connectivity index (χ1) is 13.3. The van der Waals surface area contributed by atoms with Gasteiger partial charge in [0.25, 0.3) is 17.3 Å². The Morgan fingerprint density at radius 3 is 2.11 bits per heavy atom. The molecule has 1 amide bonds. The standard InChI is InChI=1S/C17H16N4O7/c1-10(15-5-4-14(27-2)9-16(15)28-3)18-19-17(22)11-6-12(20(23)24)8-13(7-11)21(25)26/h4-9H,1-3H3,(H,19,22)/b18-10+. The number of rotatable bonds is 7. The van der Waals surface area contributed by atoms with Crippen molar-refractivity contribution in [1.29, 1.82) is 0 Å². The van der Waals surface area contributed by atoms with Crippen LogP contribution in [0.25, 0.3) is 0 Å². The maximum Gasteiger partial charge on any atom is 0.277 e. The van der Waals surface area contributed by atoms with Crippen molar-refractivity contribution < 1.29 is 24.1 Å². The molecule has 0 saturated heterocycles. The number of ether oxygens (including phenoxy) is 2. The quantitative estimate of drug-likeness (QED) is 0.436. The molecule has 2 rings (SSSR count). The normalized spacial score (nSPS) is 10.9. The van der Waals surface area contributed by atoms with E-state index < -0.39 is 27.1 Å². The van der Waals surface area contributed by atoms with Crippen molar-refractivity contribution in [3.63, 3.8) is 0 Å². The van der Waals surface area contributed by atoms with Crippen molar-refractivity contribution in [3.05, 3.63) is 67.8 Å². The van der Waals surface area contributed by atoms with Gasteiger partial charge in [0.05, 0.1) is 41.4 Å². The molecule has 0 unspecified atom stereocenters. The number of nitrogens with zero attached hydrogens (tertiary/aromatic N) is 3. The van der Waals surface area contributed by atoms with E-state index in [1.54, 1.807) is 25.1 Å². The molecule has 11 heteroatoms. The van der Waals surface area contributed by atoms with E-state index in [1.165, 1.54) is 14.2 Å². The fourth-order valence-corrected chi connectivity index (χ4v) is 2.29. The first-order valence-electron chi connectivity index (χ1n) is 7.77. The van der Waals surface area contributed by atoms with Gasteiger partial charge in [-0.05, 0) is 19.1 Å². The Morgan fingerprint density at radius 2 is 1.61 bits per heavy atom. The first-order valence-corrected chi connectivity index (χ1v) is 7.77. The molecule has 2 aromatic carbocycles. The minimum Gasteiger partial charge on any atom is -0.497 e. The van der Waals surface area contributed by atoms with Crippen LogP contribution in [0.2, 0.25) is 0 Å². The smallest absolute Gasteiger partial charge is 0.277 e. The lowest BCUT2D eigenvalue weighted by Crippen LogP contribution is -2.20. The monoisotopic (exact) mass is 388 g/mol. The summed E-state index contributed by atoms with van der Waals surface area (Å²) in [6, 6.07) is 7.64. The fraction of sp³-hybridized carbons (Fsp3) is 0.176. The summed E-state index contributed by atoms with van der Waals surface area (Å²) in [6.07, 6.45) is 0. The molecule has 0 bridgehead atoms. The number of non-ortho nitro benzene ring substituents is 2. The van der Waals surface area contributed by atoms with Gasteiger partial charge >= 0.3 is 0 Å². The minimum absolute atomic E-state index is 0.265. The molecule has 28 heavy (non-hydrogen) atoms. The van der Waals surface area contributed by atoms with E-state index in [4.69, 9.17) is 9.47 Å². The average molecular weight is 388 g/mol. The maximum absolute atomic E-state index is 12.3. The number of hydrazone groups is 1. The summed E-state index contributed by atoms with van der Waals surface area (Å²) in [5.41, 5.74) is 1.78. The predicted molar refractivity (Wildman–Crippen MR) is 99.0 cm³/mol. The Labute approximate surface area is 158 Å². The third kappa shape index (κ3) is 4.58. The summed E-state index contributed by atoms with van der Waals surface area (Å²) in [7, 11) is 2.97. The lowest BCUT2D eigenvalue weighted by Gasteiger charge is -2.10. The van der Waals surface area contributed by atoms with Gasteiger partial charge in [0, 0.05) is 23.8 Å². The number of hydrogen-bond donors (Lipinski definition) is 1. The lowest BCUT2D eigenvalue weighted by molar-refractivity contribution is -0.394. The largest absolute Gasteiger partial charge is 0.497 e. The van der Waals surface area contributed by atoms with Gasteiger partial charge in [0.2, 0.25) is 0 Å². The van der Waals surface area contributed by atoms with E-state index in [2.05, 4.69) is 10.5 Å². The van der Waals surface area contributed by atoms with E-state index >= 15 is 0 Å². The van der Waals surface area contributed by atoms with Crippen LogP contribution in [0.15, 0.2) is 41.5 Å². The molecule has 0 aromatic heterocycles. The molecule has 0 fully saturated rings. The van der Waals surface area contributed by atoms with E-state index in [0.717, 1.165) is 18.2 Å². The molecular formula is C17H16N4O7. The Hall–Kier alpha value is -4.02. The number of methoxy groups -OCH3 is 2. The number of nitro benzene ring substituents is 2. The Balaban J connectivity index is 2.30. The molecule has 0 aliphatic heterocycles. The molecule has 0 spiro atoms. The zero-order valence-corrected chi connectivity index (χ0v) is 15.2. The molecule has 1 N–H and O–H groups in total. The van der Waals surface area contributed by atoms with Gasteiger partial charge in [0.15, 0.2) is 0 Å². The second-order valence-electron chi connectivity index (χ2n) is 5.46. The highest BCUT2D eigenvalue weighted by molar-refractivity contribution is 6.03. The minimum atomic E-state index is -0.835. The van der Waals surface area contributed by atoms with Crippen LogP contribution in [0, 0.1) is 20.2 Å². The Bertz CT molecular complexity index is 940. The van der Waals surface area contributed by atoms with Crippen LogP contribution < -0.4 is 14.9 Å². The number of benzene rings is 2. The van der Waals surface area contributed by atoms with Crippen molar-refractivity contribution >= 4 is 23.0 Å². The van der Waals surface area contributed by atoms with Crippen LogP contribution in [0.1, 0.15) is 22.8 Å². The lowest BCUT2D eigenvalue weighted by atomic mass is 10.1. The van der Waals surface area contributed by atoms with E-state index in [1.807, 2.05) is 0 Å². The van der Waals surface area contributed by atoms with Crippen molar-refractivity contribution in [1.82, 2.24) is 5.43 Å². The van der Waals surface area contributed by atoms with Gasteiger partial charge in [-0.25, -0.2) is 5.43 Å². The highest BCUT2D eigenvalue weighted by Crippen LogP contribution is 2.25. The second kappa shape index (κ2) is 8.58. The van der Waals surface area contributed by atoms with Crippen LogP contribution >= 0.6 is 0 Å². The molecule has 0 radical (unpaired) electrons. The van der Waals surface area contributed by atoms with Gasteiger partial charge in [0.1, 0.15) is 11.5 Å². The van der Waals surface area contributed by atoms with Crippen LogP contribution in [0.3, 0.4) is 0 Å². The zero-order chi connectivity index (χ0) is 20.8. The molecule has 2 aromatic rings. The predicted octanol–water partition coefficient (Wildman–Crippen LogP) is 2.67. The van der Waals surface area contributed by atoms with Crippen LogP contribution in [-0.2, 0) is 0 Å². The summed E-state index contributed by atoms with van der Waals surface area (Å²) in [4.78, 5) is 32.5. The molecule has 0 heterocycles. The third-order valence-corrected chi connectivity index (χ3v) is 3.71. The van der Waals surface area contributed by atoms with E-state index in [9.17, 15) is 25.0 Å². The van der Waals surface area contributed by atoms with Gasteiger partial charge < -0.3 is 9.47 Å².